The van der Waals surface area contributed by atoms with E-state index < -0.39 is 5.82 Å². The highest BCUT2D eigenvalue weighted by Gasteiger charge is 2.10. The van der Waals surface area contributed by atoms with E-state index in [1.165, 1.54) is 12.1 Å². The molecule has 86 valence electrons. The van der Waals surface area contributed by atoms with E-state index in [-0.39, 0.29) is 16.5 Å². The highest BCUT2D eigenvalue weighted by molar-refractivity contribution is 7.80. The maximum atomic E-state index is 12.7. The smallest absolute Gasteiger partial charge is 0.252 e. The number of nitrogens with two attached hydrogens (primary N) is 1. The fourth-order valence-electron chi connectivity index (χ4n) is 1.07. The summed E-state index contributed by atoms with van der Waals surface area (Å²) in [5, 5.41) is 2.65. The molecule has 0 aliphatic carbocycles. The van der Waals surface area contributed by atoms with Crippen molar-refractivity contribution in [3.05, 3.63) is 34.6 Å². The van der Waals surface area contributed by atoms with Gasteiger partial charge >= 0.3 is 0 Å². The van der Waals surface area contributed by atoms with Crippen molar-refractivity contribution in [2.45, 2.75) is 6.42 Å². The molecular formula is C10H10ClFN2OS. The fraction of sp³-hybridized carbons (Fsp3) is 0.200. The van der Waals surface area contributed by atoms with Crippen molar-refractivity contribution < 1.29 is 9.18 Å². The largest absolute Gasteiger partial charge is 0.393 e. The number of thiocarbonyl (C=S) groups is 1. The summed E-state index contributed by atoms with van der Waals surface area (Å²) < 4.78 is 12.7. The lowest BCUT2D eigenvalue weighted by Gasteiger charge is -2.06. The first kappa shape index (κ1) is 12.9. The fourth-order valence-corrected chi connectivity index (χ4v) is 1.42. The van der Waals surface area contributed by atoms with Crippen LogP contribution >= 0.6 is 23.8 Å². The van der Waals surface area contributed by atoms with E-state index in [2.05, 4.69) is 17.5 Å². The molecule has 0 heterocycles. The van der Waals surface area contributed by atoms with Crippen LogP contribution in [0, 0.1) is 5.82 Å². The van der Waals surface area contributed by atoms with Crippen LogP contribution in [-0.2, 0) is 0 Å². The van der Waals surface area contributed by atoms with Gasteiger partial charge in [0, 0.05) is 13.0 Å². The maximum absolute atomic E-state index is 12.7. The summed E-state index contributed by atoms with van der Waals surface area (Å²) in [5.41, 5.74) is 5.50. The lowest BCUT2D eigenvalue weighted by Crippen LogP contribution is -2.27. The summed E-state index contributed by atoms with van der Waals surface area (Å²) in [6, 6.07) is 3.59. The number of carbonyl (C=O) groups excluding carboxylic acids is 1. The Labute approximate surface area is 103 Å². The van der Waals surface area contributed by atoms with Crippen LogP contribution in [0.3, 0.4) is 0 Å². The minimum Gasteiger partial charge on any atom is -0.393 e. The first-order chi connectivity index (χ1) is 7.50. The third-order valence-corrected chi connectivity index (χ3v) is 2.35. The van der Waals surface area contributed by atoms with E-state index in [0.29, 0.717) is 18.0 Å². The average molecular weight is 261 g/mol. The van der Waals surface area contributed by atoms with Crippen molar-refractivity contribution in [3.8, 4) is 0 Å². The molecular weight excluding hydrogens is 251 g/mol. The van der Waals surface area contributed by atoms with Gasteiger partial charge in [-0.05, 0) is 18.2 Å². The summed E-state index contributed by atoms with van der Waals surface area (Å²) >= 11 is 10.4. The van der Waals surface area contributed by atoms with E-state index in [4.69, 9.17) is 17.3 Å². The van der Waals surface area contributed by atoms with Gasteiger partial charge in [0.25, 0.3) is 5.91 Å². The molecule has 0 fully saturated rings. The molecule has 16 heavy (non-hydrogen) atoms. The summed E-state index contributed by atoms with van der Waals surface area (Å²) in [6.45, 7) is 0.335. The number of amides is 1. The van der Waals surface area contributed by atoms with E-state index in [1.54, 1.807) is 0 Å². The number of nitrogens with one attached hydrogen (secondary N) is 1. The second-order valence-electron chi connectivity index (χ2n) is 3.10. The number of benzene rings is 1. The van der Waals surface area contributed by atoms with Gasteiger partial charge in [0.15, 0.2) is 0 Å². The van der Waals surface area contributed by atoms with Gasteiger partial charge in [-0.15, -0.1) is 0 Å². The highest BCUT2D eigenvalue weighted by atomic mass is 35.5. The van der Waals surface area contributed by atoms with Crippen LogP contribution in [0.2, 0.25) is 5.02 Å². The zero-order valence-corrected chi connectivity index (χ0v) is 9.87. The molecule has 0 aliphatic rings. The number of hydrogen-bond donors (Lipinski definition) is 2. The molecule has 0 aromatic heterocycles. The van der Waals surface area contributed by atoms with Gasteiger partial charge in [-0.25, -0.2) is 4.39 Å². The van der Waals surface area contributed by atoms with Crippen LogP contribution < -0.4 is 11.1 Å². The Morgan fingerprint density at radius 3 is 2.81 bits per heavy atom. The Morgan fingerprint density at radius 1 is 1.56 bits per heavy atom. The Kier molecular flexibility index (Phi) is 4.64. The van der Waals surface area contributed by atoms with Gasteiger partial charge in [-0.2, -0.15) is 0 Å². The van der Waals surface area contributed by atoms with Crippen molar-refractivity contribution in [1.82, 2.24) is 5.32 Å². The third kappa shape index (κ3) is 3.75. The molecule has 0 radical (unpaired) electrons. The van der Waals surface area contributed by atoms with Crippen molar-refractivity contribution in [2.24, 2.45) is 5.73 Å². The summed E-state index contributed by atoms with van der Waals surface area (Å²) in [4.78, 5) is 11.9. The monoisotopic (exact) mass is 260 g/mol. The summed E-state index contributed by atoms with van der Waals surface area (Å²) in [5.74, 6) is -0.856. The van der Waals surface area contributed by atoms with Crippen LogP contribution in [0.4, 0.5) is 4.39 Å². The van der Waals surface area contributed by atoms with Crippen LogP contribution in [0.15, 0.2) is 18.2 Å². The van der Waals surface area contributed by atoms with E-state index >= 15 is 0 Å². The predicted octanol–water partition coefficient (Wildman–Crippen LogP) is 1.89. The molecule has 3 nitrogen and oxygen atoms in total. The van der Waals surface area contributed by atoms with Gasteiger partial charge in [-0.3, -0.25) is 4.79 Å². The van der Waals surface area contributed by atoms with E-state index in [1.807, 2.05) is 0 Å². The molecule has 0 atom stereocenters. The topological polar surface area (TPSA) is 55.1 Å². The second kappa shape index (κ2) is 5.77. The van der Waals surface area contributed by atoms with E-state index in [9.17, 15) is 9.18 Å². The minimum atomic E-state index is -0.482. The third-order valence-electron chi connectivity index (χ3n) is 1.83. The van der Waals surface area contributed by atoms with Gasteiger partial charge in [0.1, 0.15) is 5.82 Å². The zero-order chi connectivity index (χ0) is 12.1. The van der Waals surface area contributed by atoms with Crippen molar-refractivity contribution in [3.63, 3.8) is 0 Å². The Bertz CT molecular complexity index is 425. The van der Waals surface area contributed by atoms with Crippen LogP contribution in [0.25, 0.3) is 0 Å². The molecule has 1 amide bonds. The summed E-state index contributed by atoms with van der Waals surface area (Å²) in [7, 11) is 0. The highest BCUT2D eigenvalue weighted by Crippen LogP contribution is 2.16. The average Bonchev–Trinajstić information content (AvgIpc) is 2.16. The molecule has 0 aliphatic heterocycles. The van der Waals surface area contributed by atoms with Gasteiger partial charge in [0.05, 0.1) is 15.6 Å². The summed E-state index contributed by atoms with van der Waals surface area (Å²) in [6.07, 6.45) is 0.417. The van der Waals surface area contributed by atoms with Gasteiger partial charge in [0.2, 0.25) is 0 Å². The number of rotatable bonds is 4. The van der Waals surface area contributed by atoms with Gasteiger partial charge in [-0.1, -0.05) is 23.8 Å². The molecule has 1 aromatic carbocycles. The Balaban J connectivity index is 2.63. The number of halogens is 2. The molecule has 1 aromatic rings. The maximum Gasteiger partial charge on any atom is 0.252 e. The molecule has 0 unspecified atom stereocenters. The Morgan fingerprint density at radius 2 is 2.25 bits per heavy atom. The molecule has 0 saturated carbocycles. The van der Waals surface area contributed by atoms with Gasteiger partial charge < -0.3 is 11.1 Å². The lowest BCUT2D eigenvalue weighted by molar-refractivity contribution is 0.0955. The standard InChI is InChI=1S/C10H10ClFN2OS/c11-8-5-6(12)1-2-7(8)10(15)14-4-3-9(13)16/h1-2,5H,3-4H2,(H2,13,16)(H,14,15). The lowest BCUT2D eigenvalue weighted by atomic mass is 10.2. The number of carbonyl (C=O) groups is 1. The molecule has 6 heteroatoms. The zero-order valence-electron chi connectivity index (χ0n) is 8.30. The second-order valence-corrected chi connectivity index (χ2v) is 4.03. The molecule has 0 spiro atoms. The van der Waals surface area contributed by atoms with Crippen LogP contribution in [0.5, 0.6) is 0 Å². The van der Waals surface area contributed by atoms with Crippen molar-refractivity contribution in [1.29, 1.82) is 0 Å². The first-order valence-electron chi connectivity index (χ1n) is 4.52. The Hall–Kier alpha value is -1.20. The van der Waals surface area contributed by atoms with E-state index in [0.717, 1.165) is 6.07 Å². The predicted molar refractivity (Wildman–Crippen MR) is 65.1 cm³/mol. The minimum absolute atomic E-state index is 0.0767. The first-order valence-corrected chi connectivity index (χ1v) is 5.31. The van der Waals surface area contributed by atoms with Crippen molar-refractivity contribution >= 4 is 34.7 Å². The quantitative estimate of drug-likeness (QED) is 0.813. The van der Waals surface area contributed by atoms with Crippen LogP contribution in [0.1, 0.15) is 16.8 Å². The molecule has 0 bridgehead atoms. The molecule has 3 N–H and O–H groups in total. The molecule has 1 rings (SSSR count). The SMILES string of the molecule is NC(=S)CCNC(=O)c1ccc(F)cc1Cl. The number of hydrogen-bond acceptors (Lipinski definition) is 2. The van der Waals surface area contributed by atoms with Crippen molar-refractivity contribution in [2.75, 3.05) is 6.54 Å². The van der Waals surface area contributed by atoms with Crippen LogP contribution in [-0.4, -0.2) is 17.4 Å². The molecule has 0 saturated heterocycles. The normalized spacial score (nSPS) is 9.88.